The van der Waals surface area contributed by atoms with Crippen LogP contribution in [0.4, 0.5) is 5.13 Å². The fraction of sp³-hybridized carbons (Fsp3) is 0.722. The first-order valence-electron chi connectivity index (χ1n) is 9.90. The molecule has 5 rings (SSSR count). The molecule has 1 saturated heterocycles. The molecule has 2 unspecified atom stereocenters. The molecule has 3 heterocycles. The monoisotopic (exact) mass is 387 g/mol. The number of fused-ring (bicyclic) bond motifs is 1. The quantitative estimate of drug-likeness (QED) is 0.867. The van der Waals surface area contributed by atoms with Gasteiger partial charge in [-0.1, -0.05) is 24.5 Å². The van der Waals surface area contributed by atoms with Gasteiger partial charge in [0.2, 0.25) is 5.13 Å². The summed E-state index contributed by atoms with van der Waals surface area (Å²) in [5, 5.41) is 12.4. The molecule has 9 heteroatoms. The van der Waals surface area contributed by atoms with Gasteiger partial charge in [0.25, 0.3) is 5.91 Å². The summed E-state index contributed by atoms with van der Waals surface area (Å²) in [6, 6.07) is 0. The summed E-state index contributed by atoms with van der Waals surface area (Å²) >= 11 is 1.47. The van der Waals surface area contributed by atoms with Gasteiger partial charge < -0.3 is 10.2 Å². The Morgan fingerprint density at radius 1 is 1.30 bits per heavy atom. The summed E-state index contributed by atoms with van der Waals surface area (Å²) in [4.78, 5) is 19.5. The largest absolute Gasteiger partial charge is 0.353 e. The van der Waals surface area contributed by atoms with Crippen molar-refractivity contribution in [2.75, 3.05) is 18.4 Å². The molecule has 144 valence electrons. The standard InChI is InChI=1S/C18H25N7OS/c1-24-10-14(21-23-24)16(26)25-9-13-7-8-18(13,11-25)20-17-19-15(22-27-17)12-5-3-2-4-6-12/h10,12-13H,2-9,11H2,1H3,(H,19,20,22). The van der Waals surface area contributed by atoms with Crippen LogP contribution in [0.2, 0.25) is 0 Å². The van der Waals surface area contributed by atoms with E-state index in [1.807, 2.05) is 4.90 Å². The van der Waals surface area contributed by atoms with Crippen LogP contribution in [0, 0.1) is 5.92 Å². The fourth-order valence-corrected chi connectivity index (χ4v) is 5.59. The summed E-state index contributed by atoms with van der Waals surface area (Å²) < 4.78 is 6.20. The van der Waals surface area contributed by atoms with Crippen LogP contribution in [0.25, 0.3) is 0 Å². The Labute approximate surface area is 162 Å². The first kappa shape index (κ1) is 17.1. The Morgan fingerprint density at radius 3 is 2.85 bits per heavy atom. The molecule has 0 radical (unpaired) electrons. The van der Waals surface area contributed by atoms with Gasteiger partial charge in [-0.25, -0.2) is 4.98 Å². The van der Waals surface area contributed by atoms with Crippen molar-refractivity contribution in [3.63, 3.8) is 0 Å². The summed E-state index contributed by atoms with van der Waals surface area (Å²) in [5.41, 5.74) is 0.366. The van der Waals surface area contributed by atoms with Crippen molar-refractivity contribution in [1.82, 2.24) is 29.3 Å². The van der Waals surface area contributed by atoms with Gasteiger partial charge in [-0.3, -0.25) is 9.48 Å². The maximum Gasteiger partial charge on any atom is 0.276 e. The van der Waals surface area contributed by atoms with E-state index in [9.17, 15) is 4.79 Å². The molecule has 27 heavy (non-hydrogen) atoms. The van der Waals surface area contributed by atoms with E-state index in [-0.39, 0.29) is 11.4 Å². The van der Waals surface area contributed by atoms with Crippen molar-refractivity contribution in [2.24, 2.45) is 13.0 Å². The normalized spacial score (nSPS) is 28.0. The van der Waals surface area contributed by atoms with E-state index in [2.05, 4.69) is 20.0 Å². The summed E-state index contributed by atoms with van der Waals surface area (Å²) in [7, 11) is 1.78. The molecule has 2 aromatic heterocycles. The van der Waals surface area contributed by atoms with Crippen molar-refractivity contribution < 1.29 is 4.79 Å². The van der Waals surface area contributed by atoms with Crippen molar-refractivity contribution in [1.29, 1.82) is 0 Å². The van der Waals surface area contributed by atoms with E-state index in [4.69, 9.17) is 4.98 Å². The van der Waals surface area contributed by atoms with Crippen LogP contribution in [0.5, 0.6) is 0 Å². The lowest BCUT2D eigenvalue weighted by Gasteiger charge is -2.44. The van der Waals surface area contributed by atoms with Gasteiger partial charge in [0.05, 0.1) is 11.7 Å². The highest BCUT2D eigenvalue weighted by Gasteiger charge is 2.54. The summed E-state index contributed by atoms with van der Waals surface area (Å²) in [5.74, 6) is 1.98. The number of aromatic nitrogens is 5. The highest BCUT2D eigenvalue weighted by atomic mass is 32.1. The predicted molar refractivity (Wildman–Crippen MR) is 102 cm³/mol. The van der Waals surface area contributed by atoms with Crippen molar-refractivity contribution in [2.45, 2.75) is 56.4 Å². The van der Waals surface area contributed by atoms with E-state index in [0.717, 1.165) is 30.3 Å². The third-order valence-electron chi connectivity index (χ3n) is 6.51. The van der Waals surface area contributed by atoms with Gasteiger partial charge >= 0.3 is 0 Å². The minimum absolute atomic E-state index is 0.0289. The molecule has 1 aliphatic heterocycles. The van der Waals surface area contributed by atoms with Crippen LogP contribution in [0.3, 0.4) is 0 Å². The van der Waals surface area contributed by atoms with Gasteiger partial charge in [0.15, 0.2) is 5.69 Å². The first-order valence-corrected chi connectivity index (χ1v) is 10.7. The van der Waals surface area contributed by atoms with Crippen LogP contribution >= 0.6 is 11.5 Å². The zero-order valence-electron chi connectivity index (χ0n) is 15.6. The number of carbonyl (C=O) groups is 1. The fourth-order valence-electron chi connectivity index (χ4n) is 4.83. The minimum atomic E-state index is -0.0543. The second-order valence-electron chi connectivity index (χ2n) is 8.27. The lowest BCUT2D eigenvalue weighted by Crippen LogP contribution is -2.53. The van der Waals surface area contributed by atoms with Gasteiger partial charge in [-0.2, -0.15) is 4.37 Å². The molecule has 2 aliphatic carbocycles. The molecular formula is C18H25N7OS. The Hall–Kier alpha value is -2.03. The molecule has 3 fully saturated rings. The average Bonchev–Trinajstić information content (AvgIpc) is 3.37. The molecule has 0 aromatic carbocycles. The molecule has 1 amide bonds. The number of amides is 1. The van der Waals surface area contributed by atoms with Crippen LogP contribution in [0.15, 0.2) is 6.20 Å². The van der Waals surface area contributed by atoms with Crippen LogP contribution < -0.4 is 5.32 Å². The smallest absolute Gasteiger partial charge is 0.276 e. The zero-order chi connectivity index (χ0) is 18.4. The predicted octanol–water partition coefficient (Wildman–Crippen LogP) is 2.43. The Morgan fingerprint density at radius 2 is 2.15 bits per heavy atom. The second-order valence-corrected chi connectivity index (χ2v) is 9.02. The number of anilines is 1. The number of likely N-dealkylation sites (tertiary alicyclic amines) is 1. The molecule has 2 saturated carbocycles. The maximum atomic E-state index is 12.7. The maximum absolute atomic E-state index is 12.7. The number of hydrogen-bond donors (Lipinski definition) is 1. The molecule has 0 bridgehead atoms. The third-order valence-corrected chi connectivity index (χ3v) is 7.16. The zero-order valence-corrected chi connectivity index (χ0v) is 16.4. The summed E-state index contributed by atoms with van der Waals surface area (Å²) in [6.07, 6.45) is 10.2. The minimum Gasteiger partial charge on any atom is -0.353 e. The lowest BCUT2D eigenvalue weighted by molar-refractivity contribution is 0.0780. The number of carbonyl (C=O) groups excluding carboxylic acids is 1. The highest BCUT2D eigenvalue weighted by Crippen LogP contribution is 2.47. The van der Waals surface area contributed by atoms with Crippen LogP contribution in [-0.2, 0) is 7.05 Å². The van der Waals surface area contributed by atoms with Crippen molar-refractivity contribution >= 4 is 22.6 Å². The Balaban J connectivity index is 1.28. The lowest BCUT2D eigenvalue weighted by atomic mass is 9.69. The van der Waals surface area contributed by atoms with E-state index < -0.39 is 0 Å². The molecule has 2 atom stereocenters. The number of nitrogens with zero attached hydrogens (tertiary/aromatic N) is 6. The number of hydrogen-bond acceptors (Lipinski definition) is 7. The topological polar surface area (TPSA) is 88.8 Å². The van der Waals surface area contributed by atoms with E-state index in [0.29, 0.717) is 24.1 Å². The SMILES string of the molecule is Cn1cc(C(=O)N2CC3CCC3(Nc3nc(C4CCCCC4)ns3)C2)nn1. The van der Waals surface area contributed by atoms with Crippen molar-refractivity contribution in [3.8, 4) is 0 Å². The Bertz CT molecular complexity index is 842. The molecule has 0 spiro atoms. The molecular weight excluding hydrogens is 362 g/mol. The van der Waals surface area contributed by atoms with Gasteiger partial charge in [-0.05, 0) is 25.7 Å². The Kier molecular flexibility index (Phi) is 4.14. The first-order chi connectivity index (χ1) is 13.1. The van der Waals surface area contributed by atoms with Gasteiger partial charge in [0, 0.05) is 43.5 Å². The van der Waals surface area contributed by atoms with Crippen molar-refractivity contribution in [3.05, 3.63) is 17.7 Å². The number of aryl methyl sites for hydroxylation is 1. The highest BCUT2D eigenvalue weighted by molar-refractivity contribution is 7.09. The molecule has 3 aliphatic rings. The average molecular weight is 388 g/mol. The van der Waals surface area contributed by atoms with E-state index >= 15 is 0 Å². The van der Waals surface area contributed by atoms with Crippen LogP contribution in [-0.4, -0.2) is 53.8 Å². The summed E-state index contributed by atoms with van der Waals surface area (Å²) in [6.45, 7) is 1.47. The van der Waals surface area contributed by atoms with E-state index in [1.54, 1.807) is 17.9 Å². The number of nitrogens with one attached hydrogen (secondary N) is 1. The second kappa shape index (κ2) is 6.54. The molecule has 2 aromatic rings. The molecule has 8 nitrogen and oxygen atoms in total. The molecule has 1 N–H and O–H groups in total. The van der Waals surface area contributed by atoms with Crippen LogP contribution in [0.1, 0.15) is 67.2 Å². The third kappa shape index (κ3) is 3.01. The van der Waals surface area contributed by atoms with E-state index in [1.165, 1.54) is 43.6 Å². The number of rotatable bonds is 4. The van der Waals surface area contributed by atoms with Gasteiger partial charge in [0.1, 0.15) is 5.82 Å². The van der Waals surface area contributed by atoms with Gasteiger partial charge in [-0.15, -0.1) is 5.10 Å².